The van der Waals surface area contributed by atoms with E-state index in [0.29, 0.717) is 17.8 Å². The van der Waals surface area contributed by atoms with Gasteiger partial charge in [-0.05, 0) is 93.1 Å². The molecule has 1 spiro atoms. The van der Waals surface area contributed by atoms with Crippen LogP contribution in [0.5, 0.6) is 0 Å². The van der Waals surface area contributed by atoms with E-state index in [-0.39, 0.29) is 21.9 Å². The second kappa shape index (κ2) is 12.5. The number of carbonyl (C=O) groups excluding carboxylic acids is 2. The minimum absolute atomic E-state index is 0.0411. The van der Waals surface area contributed by atoms with Crippen LogP contribution in [-0.2, 0) is 11.2 Å². The number of halogens is 2. The first-order chi connectivity index (χ1) is 18.8. The second-order valence-corrected chi connectivity index (χ2v) is 10.3. The number of ether oxygens (including phenoxy) is 1. The van der Waals surface area contributed by atoms with Gasteiger partial charge in [-0.15, -0.1) is 0 Å². The summed E-state index contributed by atoms with van der Waals surface area (Å²) >= 11 is 6.03. The lowest BCUT2D eigenvalue weighted by molar-refractivity contribution is 0.0984. The average molecular weight is 550 g/mol. The molecule has 2 aliphatic rings. The summed E-state index contributed by atoms with van der Waals surface area (Å²) in [6.45, 7) is 3.33. The highest BCUT2D eigenvalue weighted by Crippen LogP contribution is 2.45. The molecule has 39 heavy (non-hydrogen) atoms. The van der Waals surface area contributed by atoms with Gasteiger partial charge in [-0.2, -0.15) is 0 Å². The highest BCUT2D eigenvalue weighted by molar-refractivity contribution is 6.34. The summed E-state index contributed by atoms with van der Waals surface area (Å²) in [7, 11) is 1.68. The number of amides is 2. The fraction of sp³-hybridized carbons (Fsp3) is 0.323. The molecule has 8 heteroatoms. The van der Waals surface area contributed by atoms with Crippen molar-refractivity contribution in [3.63, 3.8) is 0 Å². The maximum atomic E-state index is 13.6. The third-order valence-corrected chi connectivity index (χ3v) is 7.77. The number of nitrogens with zero attached hydrogens (tertiary/aromatic N) is 1. The van der Waals surface area contributed by atoms with Crippen LogP contribution >= 0.6 is 11.6 Å². The standard InChI is InChI=1S/C28H25ClFN3O2.C3H8O/c29-23-12-9-20(30)16-22(23)26(34)32-21-10-7-18(8-11-21)27(35)33-15-14-28(13-3-6-25(28)31)17-19-4-1-2-5-24(19)33;1-3-4-2/h1-2,4-5,7-12,16,31H,3,6,13-15,17H2,(H,32,34);3H2,1-2H3. The van der Waals surface area contributed by atoms with Crippen molar-refractivity contribution in [3.05, 3.63) is 94.3 Å². The van der Waals surface area contributed by atoms with Crippen molar-refractivity contribution < 1.29 is 18.7 Å². The van der Waals surface area contributed by atoms with Gasteiger partial charge in [0.25, 0.3) is 11.8 Å². The molecule has 5 rings (SSSR count). The van der Waals surface area contributed by atoms with Crippen molar-refractivity contribution in [2.75, 3.05) is 30.5 Å². The summed E-state index contributed by atoms with van der Waals surface area (Å²) in [5.74, 6) is -1.20. The molecule has 0 radical (unpaired) electrons. The van der Waals surface area contributed by atoms with Gasteiger partial charge in [-0.25, -0.2) is 4.39 Å². The fourth-order valence-electron chi connectivity index (χ4n) is 5.25. The lowest BCUT2D eigenvalue weighted by Gasteiger charge is -2.28. The van der Waals surface area contributed by atoms with Crippen LogP contribution in [0.15, 0.2) is 66.7 Å². The Kier molecular flexibility index (Phi) is 9.15. The van der Waals surface area contributed by atoms with Crippen molar-refractivity contribution in [2.45, 2.75) is 39.0 Å². The highest BCUT2D eigenvalue weighted by atomic mass is 35.5. The molecule has 0 saturated heterocycles. The molecule has 1 atom stereocenters. The molecule has 0 aromatic heterocycles. The predicted molar refractivity (Wildman–Crippen MR) is 154 cm³/mol. The minimum atomic E-state index is -0.548. The summed E-state index contributed by atoms with van der Waals surface area (Å²) < 4.78 is 18.1. The van der Waals surface area contributed by atoms with Crippen molar-refractivity contribution in [2.24, 2.45) is 5.41 Å². The van der Waals surface area contributed by atoms with Gasteiger partial charge in [0, 0.05) is 48.3 Å². The summed E-state index contributed by atoms with van der Waals surface area (Å²) in [5, 5.41) is 11.4. The second-order valence-electron chi connectivity index (χ2n) is 9.86. The van der Waals surface area contributed by atoms with E-state index in [9.17, 15) is 14.0 Å². The Morgan fingerprint density at radius 1 is 1.10 bits per heavy atom. The smallest absolute Gasteiger partial charge is 0.258 e. The van der Waals surface area contributed by atoms with Gasteiger partial charge in [-0.1, -0.05) is 29.8 Å². The Morgan fingerprint density at radius 3 is 2.49 bits per heavy atom. The molecule has 2 N–H and O–H groups in total. The number of hydrogen-bond donors (Lipinski definition) is 2. The molecule has 3 aromatic carbocycles. The zero-order valence-corrected chi connectivity index (χ0v) is 23.0. The van der Waals surface area contributed by atoms with Gasteiger partial charge in [0.2, 0.25) is 0 Å². The molecule has 2 amide bonds. The lowest BCUT2D eigenvalue weighted by Crippen LogP contribution is -2.34. The summed E-state index contributed by atoms with van der Waals surface area (Å²) in [4.78, 5) is 27.9. The Labute approximate surface area is 233 Å². The molecule has 1 unspecified atom stereocenters. The van der Waals surface area contributed by atoms with Gasteiger partial charge >= 0.3 is 0 Å². The minimum Gasteiger partial charge on any atom is -0.385 e. The first-order valence-corrected chi connectivity index (χ1v) is 13.5. The topological polar surface area (TPSA) is 82.5 Å². The van der Waals surface area contributed by atoms with Crippen LogP contribution in [0.25, 0.3) is 0 Å². The van der Waals surface area contributed by atoms with Gasteiger partial charge < -0.3 is 20.4 Å². The summed E-state index contributed by atoms with van der Waals surface area (Å²) in [5.41, 5.74) is 3.66. The van der Waals surface area contributed by atoms with E-state index in [0.717, 1.165) is 61.7 Å². The van der Waals surface area contributed by atoms with E-state index in [1.54, 1.807) is 31.4 Å². The molecule has 1 aliphatic carbocycles. The highest BCUT2D eigenvalue weighted by Gasteiger charge is 2.42. The predicted octanol–water partition coefficient (Wildman–Crippen LogP) is 7.17. The number of fused-ring (bicyclic) bond motifs is 1. The third-order valence-electron chi connectivity index (χ3n) is 7.44. The number of nitrogens with one attached hydrogen (secondary N) is 2. The van der Waals surface area contributed by atoms with Crippen LogP contribution in [0.4, 0.5) is 15.8 Å². The number of hydrogen-bond acceptors (Lipinski definition) is 4. The van der Waals surface area contributed by atoms with E-state index in [4.69, 9.17) is 17.0 Å². The largest absolute Gasteiger partial charge is 0.385 e. The molecule has 6 nitrogen and oxygen atoms in total. The number of para-hydroxylation sites is 1. The Morgan fingerprint density at radius 2 is 1.82 bits per heavy atom. The van der Waals surface area contributed by atoms with Crippen LogP contribution in [0.2, 0.25) is 5.02 Å². The van der Waals surface area contributed by atoms with Crippen molar-refractivity contribution in [1.29, 1.82) is 5.41 Å². The van der Waals surface area contributed by atoms with E-state index in [2.05, 4.69) is 16.1 Å². The molecule has 204 valence electrons. The number of rotatable bonds is 4. The molecular formula is C31H33ClFN3O3. The first-order valence-electron chi connectivity index (χ1n) is 13.1. The normalized spacial score (nSPS) is 18.2. The maximum absolute atomic E-state index is 13.6. The monoisotopic (exact) mass is 549 g/mol. The number of benzene rings is 3. The first kappa shape index (κ1) is 28.5. The molecule has 1 heterocycles. The zero-order chi connectivity index (χ0) is 28.0. The molecule has 1 fully saturated rings. The van der Waals surface area contributed by atoms with E-state index < -0.39 is 11.7 Å². The molecule has 1 aliphatic heterocycles. The summed E-state index contributed by atoms with van der Waals surface area (Å²) in [6.07, 6.45) is 4.42. The third kappa shape index (κ3) is 6.37. The van der Waals surface area contributed by atoms with Crippen molar-refractivity contribution >= 4 is 40.5 Å². The quantitative estimate of drug-likeness (QED) is 0.362. The zero-order valence-electron chi connectivity index (χ0n) is 22.2. The summed E-state index contributed by atoms with van der Waals surface area (Å²) in [6, 6.07) is 18.2. The Bertz CT molecular complexity index is 1360. The van der Waals surface area contributed by atoms with Gasteiger partial charge in [-0.3, -0.25) is 9.59 Å². The van der Waals surface area contributed by atoms with Crippen LogP contribution in [0.3, 0.4) is 0 Å². The molecule has 1 saturated carbocycles. The average Bonchev–Trinajstić information content (AvgIpc) is 3.20. The number of anilines is 2. The van der Waals surface area contributed by atoms with Crippen LogP contribution in [-0.4, -0.2) is 37.8 Å². The van der Waals surface area contributed by atoms with Crippen molar-refractivity contribution in [3.8, 4) is 0 Å². The lowest BCUT2D eigenvalue weighted by atomic mass is 9.76. The van der Waals surface area contributed by atoms with Gasteiger partial charge in [0.05, 0.1) is 10.6 Å². The van der Waals surface area contributed by atoms with E-state index >= 15 is 0 Å². The Balaban J connectivity index is 0.000000826. The molecule has 3 aromatic rings. The van der Waals surface area contributed by atoms with Crippen LogP contribution < -0.4 is 10.2 Å². The fourth-order valence-corrected chi connectivity index (χ4v) is 5.45. The van der Waals surface area contributed by atoms with E-state index in [1.165, 1.54) is 12.1 Å². The molecule has 0 bridgehead atoms. The SMILES string of the molecule is CCOC.N=C1CCCC12CCN(C(=O)c1ccc(NC(=O)c3cc(F)ccc3Cl)cc1)c1ccccc1C2. The van der Waals surface area contributed by atoms with Crippen LogP contribution in [0.1, 0.15) is 58.9 Å². The maximum Gasteiger partial charge on any atom is 0.258 e. The van der Waals surface area contributed by atoms with E-state index in [1.807, 2.05) is 30.0 Å². The number of carbonyl (C=O) groups is 2. The van der Waals surface area contributed by atoms with Gasteiger partial charge in [0.1, 0.15) is 5.82 Å². The van der Waals surface area contributed by atoms with Crippen LogP contribution in [0, 0.1) is 16.6 Å². The van der Waals surface area contributed by atoms with Crippen molar-refractivity contribution in [1.82, 2.24) is 0 Å². The Hall–Kier alpha value is -3.55. The van der Waals surface area contributed by atoms with Gasteiger partial charge in [0.15, 0.2) is 0 Å². The number of methoxy groups -OCH3 is 1. The molecular weight excluding hydrogens is 517 g/mol.